The predicted molar refractivity (Wildman–Crippen MR) is 92.8 cm³/mol. The number of hydrogen-bond acceptors (Lipinski definition) is 3. The van der Waals surface area contributed by atoms with Crippen LogP contribution in [0.15, 0.2) is 4.52 Å². The molecule has 4 nitrogen and oxygen atoms in total. The summed E-state index contributed by atoms with van der Waals surface area (Å²) in [6, 6.07) is 0.289. The zero-order chi connectivity index (χ0) is 16.9. The van der Waals surface area contributed by atoms with Gasteiger partial charge in [0.1, 0.15) is 11.3 Å². The molecule has 1 aromatic rings. The van der Waals surface area contributed by atoms with E-state index in [1.54, 1.807) is 0 Å². The van der Waals surface area contributed by atoms with Crippen LogP contribution in [-0.2, 0) is 6.42 Å². The second-order valence-corrected chi connectivity index (χ2v) is 8.63. The van der Waals surface area contributed by atoms with E-state index in [1.165, 1.54) is 38.5 Å². The molecule has 0 radical (unpaired) electrons. The first kappa shape index (κ1) is 16.2. The van der Waals surface area contributed by atoms with E-state index < -0.39 is 0 Å². The van der Waals surface area contributed by atoms with Crippen molar-refractivity contribution in [3.63, 3.8) is 0 Å². The van der Waals surface area contributed by atoms with Gasteiger partial charge in [0.25, 0.3) is 5.91 Å². The van der Waals surface area contributed by atoms with Crippen LogP contribution in [0.2, 0.25) is 0 Å². The van der Waals surface area contributed by atoms with E-state index in [9.17, 15) is 4.79 Å². The minimum absolute atomic E-state index is 0.0215. The molecule has 0 saturated heterocycles. The van der Waals surface area contributed by atoms with Crippen molar-refractivity contribution in [1.29, 1.82) is 0 Å². The van der Waals surface area contributed by atoms with Gasteiger partial charge in [0.2, 0.25) is 0 Å². The Labute approximate surface area is 144 Å². The summed E-state index contributed by atoms with van der Waals surface area (Å²) in [4.78, 5) is 13.0. The average Bonchev–Trinajstić information content (AvgIpc) is 2.91. The van der Waals surface area contributed by atoms with E-state index in [0.717, 1.165) is 36.3 Å². The summed E-state index contributed by atoms with van der Waals surface area (Å²) >= 11 is 0. The van der Waals surface area contributed by atoms with Crippen LogP contribution in [0, 0.1) is 30.1 Å². The van der Waals surface area contributed by atoms with Gasteiger partial charge in [-0.2, -0.15) is 0 Å². The van der Waals surface area contributed by atoms with Crippen molar-refractivity contribution in [3.05, 3.63) is 17.0 Å². The Morgan fingerprint density at radius 1 is 1.21 bits per heavy atom. The Kier molecular flexibility index (Phi) is 3.97. The van der Waals surface area contributed by atoms with E-state index >= 15 is 0 Å². The minimum Gasteiger partial charge on any atom is -0.361 e. The molecule has 1 unspecified atom stereocenters. The van der Waals surface area contributed by atoms with Gasteiger partial charge < -0.3 is 9.84 Å². The molecule has 1 atom stereocenters. The highest BCUT2D eigenvalue weighted by Crippen LogP contribution is 2.61. The van der Waals surface area contributed by atoms with Crippen LogP contribution >= 0.6 is 0 Å². The molecule has 0 spiro atoms. The summed E-state index contributed by atoms with van der Waals surface area (Å²) in [5.41, 5.74) is 1.79. The Hall–Kier alpha value is -1.32. The molecule has 0 aromatic carbocycles. The van der Waals surface area contributed by atoms with Crippen molar-refractivity contribution in [1.82, 2.24) is 10.5 Å². The predicted octanol–water partition coefficient (Wildman–Crippen LogP) is 4.27. The van der Waals surface area contributed by atoms with Crippen LogP contribution in [0.5, 0.6) is 0 Å². The third-order valence-electron chi connectivity index (χ3n) is 7.03. The van der Waals surface area contributed by atoms with Crippen LogP contribution in [0.4, 0.5) is 0 Å². The molecule has 24 heavy (non-hydrogen) atoms. The lowest BCUT2D eigenvalue weighted by Gasteiger charge is -2.59. The average molecular weight is 330 g/mol. The van der Waals surface area contributed by atoms with Crippen LogP contribution < -0.4 is 5.32 Å². The number of amides is 1. The summed E-state index contributed by atoms with van der Waals surface area (Å²) in [5, 5.41) is 7.45. The highest BCUT2D eigenvalue weighted by Gasteiger charge is 2.54. The zero-order valence-electron chi connectivity index (χ0n) is 15.2. The number of hydrogen-bond donors (Lipinski definition) is 1. The normalized spacial score (nSPS) is 35.2. The second kappa shape index (κ2) is 5.89. The van der Waals surface area contributed by atoms with Crippen LogP contribution in [-0.4, -0.2) is 17.1 Å². The van der Waals surface area contributed by atoms with Gasteiger partial charge in [0.05, 0.1) is 5.69 Å². The number of rotatable bonds is 5. The molecule has 5 rings (SSSR count). The van der Waals surface area contributed by atoms with Gasteiger partial charge in [-0.15, -0.1) is 0 Å². The summed E-state index contributed by atoms with van der Waals surface area (Å²) in [6.07, 6.45) is 10.0. The Balaban J connectivity index is 1.56. The Morgan fingerprint density at radius 2 is 1.79 bits per heavy atom. The zero-order valence-corrected chi connectivity index (χ0v) is 15.2. The molecule has 4 bridgehead atoms. The standard InChI is InChI=1S/C20H30N2O2/c1-4-16-18(12(3)24-22-16)19(23)21-17(5-2)20-9-13-6-14(10-20)8-15(7-13)11-20/h13-15,17H,4-11H2,1-3H3,(H,21,23). The second-order valence-electron chi connectivity index (χ2n) is 8.63. The molecular weight excluding hydrogens is 300 g/mol. The van der Waals surface area contributed by atoms with Crippen molar-refractivity contribution < 1.29 is 9.32 Å². The SMILES string of the molecule is CCc1noc(C)c1C(=O)NC(CC)C12CC3CC(CC(C3)C1)C2. The third kappa shape index (κ3) is 2.49. The number of carbonyl (C=O) groups is 1. The monoisotopic (exact) mass is 330 g/mol. The maximum Gasteiger partial charge on any atom is 0.257 e. The van der Waals surface area contributed by atoms with E-state index in [1.807, 2.05) is 13.8 Å². The minimum atomic E-state index is 0.0215. The molecule has 1 heterocycles. The maximum absolute atomic E-state index is 13.0. The van der Waals surface area contributed by atoms with Gasteiger partial charge in [-0.25, -0.2) is 0 Å². The molecule has 4 heteroatoms. The van der Waals surface area contributed by atoms with Crippen LogP contribution in [0.25, 0.3) is 0 Å². The summed E-state index contributed by atoms with van der Waals surface area (Å²) in [5.74, 6) is 3.39. The van der Waals surface area contributed by atoms with E-state index in [0.29, 0.717) is 16.7 Å². The number of nitrogens with one attached hydrogen (secondary N) is 1. The summed E-state index contributed by atoms with van der Waals surface area (Å²) in [7, 11) is 0. The van der Waals surface area contributed by atoms with Crippen molar-refractivity contribution in [2.45, 2.75) is 78.2 Å². The molecule has 4 saturated carbocycles. The van der Waals surface area contributed by atoms with Crippen LogP contribution in [0.3, 0.4) is 0 Å². The lowest BCUT2D eigenvalue weighted by molar-refractivity contribution is -0.0727. The van der Waals surface area contributed by atoms with Gasteiger partial charge in [-0.3, -0.25) is 4.79 Å². The highest BCUT2D eigenvalue weighted by atomic mass is 16.5. The first-order chi connectivity index (χ1) is 11.5. The molecule has 1 N–H and O–H groups in total. The summed E-state index contributed by atoms with van der Waals surface area (Å²) in [6.45, 7) is 6.09. The van der Waals surface area contributed by atoms with E-state index in [4.69, 9.17) is 4.52 Å². The van der Waals surface area contributed by atoms with Gasteiger partial charge in [0, 0.05) is 6.04 Å². The topological polar surface area (TPSA) is 55.1 Å². The molecule has 0 aliphatic heterocycles. The van der Waals surface area contributed by atoms with Crippen molar-refractivity contribution in [2.24, 2.45) is 23.2 Å². The third-order valence-corrected chi connectivity index (χ3v) is 7.03. The number of carbonyl (C=O) groups excluding carboxylic acids is 1. The fraction of sp³-hybridized carbons (Fsp3) is 0.800. The smallest absolute Gasteiger partial charge is 0.257 e. The first-order valence-electron chi connectivity index (χ1n) is 9.80. The first-order valence-corrected chi connectivity index (χ1v) is 9.80. The Bertz CT molecular complexity index is 598. The van der Waals surface area contributed by atoms with Gasteiger partial charge >= 0.3 is 0 Å². The van der Waals surface area contributed by atoms with Gasteiger partial charge in [0.15, 0.2) is 0 Å². The van der Waals surface area contributed by atoms with E-state index in [-0.39, 0.29) is 11.9 Å². The fourth-order valence-corrected chi connectivity index (χ4v) is 6.47. The maximum atomic E-state index is 13.0. The molecule has 4 aliphatic rings. The molecule has 1 aromatic heterocycles. The number of aryl methyl sites for hydroxylation is 2. The molecule has 1 amide bonds. The fourth-order valence-electron chi connectivity index (χ4n) is 6.47. The molecular formula is C20H30N2O2. The Morgan fingerprint density at radius 3 is 2.29 bits per heavy atom. The quantitative estimate of drug-likeness (QED) is 0.877. The molecule has 4 aliphatic carbocycles. The van der Waals surface area contributed by atoms with Crippen molar-refractivity contribution in [3.8, 4) is 0 Å². The van der Waals surface area contributed by atoms with Crippen molar-refractivity contribution in [2.75, 3.05) is 0 Å². The van der Waals surface area contributed by atoms with Crippen molar-refractivity contribution >= 4 is 5.91 Å². The summed E-state index contributed by atoms with van der Waals surface area (Å²) < 4.78 is 5.26. The lowest BCUT2D eigenvalue weighted by atomic mass is 9.47. The van der Waals surface area contributed by atoms with E-state index in [2.05, 4.69) is 17.4 Å². The van der Waals surface area contributed by atoms with Gasteiger partial charge in [-0.1, -0.05) is 19.0 Å². The molecule has 132 valence electrons. The largest absolute Gasteiger partial charge is 0.361 e. The van der Waals surface area contributed by atoms with Crippen LogP contribution in [0.1, 0.15) is 80.6 Å². The number of aromatic nitrogens is 1. The lowest BCUT2D eigenvalue weighted by Crippen LogP contribution is -2.56. The highest BCUT2D eigenvalue weighted by molar-refractivity contribution is 5.96. The molecule has 4 fully saturated rings. The number of nitrogens with zero attached hydrogens (tertiary/aromatic N) is 1. The van der Waals surface area contributed by atoms with Gasteiger partial charge in [-0.05, 0) is 81.5 Å².